The van der Waals surface area contributed by atoms with Crippen LogP contribution >= 0.6 is 11.6 Å². The number of aromatic nitrogens is 1. The molecule has 0 aliphatic rings. The number of nitrogens with one attached hydrogen (secondary N) is 1. The third-order valence-corrected chi connectivity index (χ3v) is 6.68. The second kappa shape index (κ2) is 11.1. The van der Waals surface area contributed by atoms with Crippen LogP contribution in [0.4, 0.5) is 5.69 Å². The summed E-state index contributed by atoms with van der Waals surface area (Å²) in [6.45, 7) is 4.40. The van der Waals surface area contributed by atoms with Gasteiger partial charge in [-0.1, -0.05) is 23.7 Å². The topological polar surface area (TPSA) is 82.8 Å². The zero-order valence-electron chi connectivity index (χ0n) is 22.0. The van der Waals surface area contributed by atoms with Crippen LogP contribution in [0.2, 0.25) is 5.02 Å². The van der Waals surface area contributed by atoms with Gasteiger partial charge in [-0.2, -0.15) is 0 Å². The van der Waals surface area contributed by atoms with Gasteiger partial charge in [0.2, 0.25) is 5.89 Å². The standard InChI is InChI=1S/C31H27ClN2O5/c1-18-13-24-28(14-19(18)2)39-31(34-24)22-8-11-26(36-3)25(15-22)33-30(35)21-7-12-27(29(16-21)37-4)38-17-20-5-9-23(32)10-6-20/h5-16H,17H2,1-4H3,(H,33,35). The maximum Gasteiger partial charge on any atom is 0.255 e. The molecule has 4 aromatic carbocycles. The minimum absolute atomic E-state index is 0.331. The second-order valence-electron chi connectivity index (χ2n) is 9.07. The van der Waals surface area contributed by atoms with Gasteiger partial charge < -0.3 is 23.9 Å². The van der Waals surface area contributed by atoms with Gasteiger partial charge in [0.25, 0.3) is 5.91 Å². The van der Waals surface area contributed by atoms with Crippen LogP contribution in [-0.2, 0) is 6.61 Å². The lowest BCUT2D eigenvalue weighted by Crippen LogP contribution is -2.13. The van der Waals surface area contributed by atoms with Crippen molar-refractivity contribution in [1.82, 2.24) is 4.98 Å². The average molecular weight is 543 g/mol. The smallest absolute Gasteiger partial charge is 0.255 e. The van der Waals surface area contributed by atoms with Crippen LogP contribution in [-0.4, -0.2) is 25.1 Å². The van der Waals surface area contributed by atoms with Gasteiger partial charge in [0.05, 0.1) is 19.9 Å². The molecule has 0 bridgehead atoms. The van der Waals surface area contributed by atoms with Crippen molar-refractivity contribution in [3.63, 3.8) is 0 Å². The number of rotatable bonds is 8. The van der Waals surface area contributed by atoms with Gasteiger partial charge in [0.1, 0.15) is 17.9 Å². The third kappa shape index (κ3) is 5.68. The number of benzene rings is 4. The van der Waals surface area contributed by atoms with Crippen LogP contribution < -0.4 is 19.5 Å². The number of ether oxygens (including phenoxy) is 3. The maximum absolute atomic E-state index is 13.2. The predicted molar refractivity (Wildman–Crippen MR) is 152 cm³/mol. The molecular formula is C31H27ClN2O5. The molecule has 0 radical (unpaired) electrons. The van der Waals surface area contributed by atoms with E-state index in [9.17, 15) is 4.79 Å². The molecule has 0 atom stereocenters. The molecule has 0 saturated heterocycles. The summed E-state index contributed by atoms with van der Waals surface area (Å²) >= 11 is 5.95. The summed E-state index contributed by atoms with van der Waals surface area (Å²) in [7, 11) is 3.08. The quantitative estimate of drug-likeness (QED) is 0.217. The SMILES string of the molecule is COc1ccc(-c2nc3cc(C)c(C)cc3o2)cc1NC(=O)c1ccc(OCc2ccc(Cl)cc2)c(OC)c1. The molecule has 0 fully saturated rings. The van der Waals surface area contributed by atoms with Crippen LogP contribution in [0.15, 0.2) is 77.2 Å². The van der Waals surface area contributed by atoms with Gasteiger partial charge in [0.15, 0.2) is 17.1 Å². The van der Waals surface area contributed by atoms with Crippen LogP contribution in [0.5, 0.6) is 17.2 Å². The molecule has 5 rings (SSSR count). The van der Waals surface area contributed by atoms with Gasteiger partial charge in [-0.3, -0.25) is 4.79 Å². The first-order valence-corrected chi connectivity index (χ1v) is 12.6. The summed E-state index contributed by atoms with van der Waals surface area (Å²) in [6, 6.07) is 21.8. The Bertz CT molecular complexity index is 1620. The van der Waals surface area contributed by atoms with Gasteiger partial charge in [-0.05, 0) is 91.2 Å². The summed E-state index contributed by atoms with van der Waals surface area (Å²) in [5.41, 5.74) is 6.30. The zero-order valence-corrected chi connectivity index (χ0v) is 22.8. The Hall–Kier alpha value is -4.49. The van der Waals surface area contributed by atoms with E-state index in [-0.39, 0.29) is 5.91 Å². The Morgan fingerprint density at radius 2 is 1.59 bits per heavy atom. The molecule has 0 aliphatic carbocycles. The molecule has 198 valence electrons. The Morgan fingerprint density at radius 1 is 0.872 bits per heavy atom. The molecule has 1 N–H and O–H groups in total. The maximum atomic E-state index is 13.2. The van der Waals surface area contributed by atoms with Gasteiger partial charge in [-0.15, -0.1) is 0 Å². The van der Waals surface area contributed by atoms with E-state index in [0.717, 1.165) is 22.2 Å². The number of hydrogen-bond donors (Lipinski definition) is 1. The average Bonchev–Trinajstić information content (AvgIpc) is 3.35. The Morgan fingerprint density at radius 3 is 2.33 bits per heavy atom. The molecule has 0 unspecified atom stereocenters. The van der Waals surface area contributed by atoms with Crippen molar-refractivity contribution >= 4 is 34.3 Å². The Balaban J connectivity index is 1.36. The van der Waals surface area contributed by atoms with E-state index >= 15 is 0 Å². The third-order valence-electron chi connectivity index (χ3n) is 6.43. The summed E-state index contributed by atoms with van der Waals surface area (Å²) in [5.74, 6) is 1.58. The van der Waals surface area contributed by atoms with Crippen molar-refractivity contribution in [3.05, 3.63) is 100 Å². The first-order chi connectivity index (χ1) is 18.8. The van der Waals surface area contributed by atoms with Crippen molar-refractivity contribution < 1.29 is 23.4 Å². The van der Waals surface area contributed by atoms with Gasteiger partial charge in [0, 0.05) is 16.1 Å². The molecule has 0 spiro atoms. The highest BCUT2D eigenvalue weighted by molar-refractivity contribution is 6.30. The van der Waals surface area contributed by atoms with Crippen LogP contribution in [0, 0.1) is 13.8 Å². The Kier molecular flexibility index (Phi) is 7.43. The largest absolute Gasteiger partial charge is 0.495 e. The highest BCUT2D eigenvalue weighted by Crippen LogP contribution is 2.34. The highest BCUT2D eigenvalue weighted by atomic mass is 35.5. The number of aryl methyl sites for hydroxylation is 2. The van der Waals surface area contributed by atoms with Gasteiger partial charge >= 0.3 is 0 Å². The monoisotopic (exact) mass is 542 g/mol. The first-order valence-electron chi connectivity index (χ1n) is 12.3. The molecule has 7 nitrogen and oxygen atoms in total. The number of nitrogens with zero attached hydrogens (tertiary/aromatic N) is 1. The van der Waals surface area contributed by atoms with Crippen molar-refractivity contribution in [1.29, 1.82) is 0 Å². The van der Waals surface area contributed by atoms with Crippen molar-refractivity contribution in [3.8, 4) is 28.7 Å². The molecule has 1 heterocycles. The van der Waals surface area contributed by atoms with Crippen LogP contribution in [0.3, 0.4) is 0 Å². The molecule has 0 saturated carbocycles. The fourth-order valence-electron chi connectivity index (χ4n) is 4.11. The predicted octanol–water partition coefficient (Wildman–Crippen LogP) is 7.61. The number of fused-ring (bicyclic) bond motifs is 1. The summed E-state index contributed by atoms with van der Waals surface area (Å²) < 4.78 is 22.9. The van der Waals surface area contributed by atoms with E-state index in [0.29, 0.717) is 57.2 Å². The van der Waals surface area contributed by atoms with E-state index in [1.165, 1.54) is 7.11 Å². The molecule has 0 aliphatic heterocycles. The lowest BCUT2D eigenvalue weighted by atomic mass is 10.1. The first kappa shape index (κ1) is 26.1. The Labute approximate surface area is 231 Å². The highest BCUT2D eigenvalue weighted by Gasteiger charge is 2.17. The van der Waals surface area contributed by atoms with Crippen LogP contribution in [0.1, 0.15) is 27.0 Å². The molecule has 1 aromatic heterocycles. The number of hydrogen-bond acceptors (Lipinski definition) is 6. The number of amides is 1. The summed E-state index contributed by atoms with van der Waals surface area (Å²) in [6.07, 6.45) is 0. The van der Waals surface area contributed by atoms with Crippen LogP contribution in [0.25, 0.3) is 22.6 Å². The zero-order chi connectivity index (χ0) is 27.5. The minimum Gasteiger partial charge on any atom is -0.495 e. The number of oxazole rings is 1. The normalized spacial score (nSPS) is 10.9. The van der Waals surface area contributed by atoms with Gasteiger partial charge in [-0.25, -0.2) is 4.98 Å². The number of halogens is 1. The minimum atomic E-state index is -0.336. The summed E-state index contributed by atoms with van der Waals surface area (Å²) in [5, 5.41) is 3.59. The number of methoxy groups -OCH3 is 2. The van der Waals surface area contributed by atoms with E-state index < -0.39 is 0 Å². The molecular weight excluding hydrogens is 516 g/mol. The van der Waals surface area contributed by atoms with Crippen molar-refractivity contribution in [2.45, 2.75) is 20.5 Å². The molecule has 1 amide bonds. The fourth-order valence-corrected chi connectivity index (χ4v) is 4.23. The summed E-state index contributed by atoms with van der Waals surface area (Å²) in [4.78, 5) is 17.9. The van der Waals surface area contributed by atoms with E-state index in [4.69, 9.17) is 30.2 Å². The van der Waals surface area contributed by atoms with E-state index in [1.54, 1.807) is 49.6 Å². The fraction of sp³-hybridized carbons (Fsp3) is 0.161. The second-order valence-corrected chi connectivity index (χ2v) is 9.51. The molecule has 8 heteroatoms. The number of carbonyl (C=O) groups excluding carboxylic acids is 1. The van der Waals surface area contributed by atoms with Crippen molar-refractivity contribution in [2.75, 3.05) is 19.5 Å². The lowest BCUT2D eigenvalue weighted by molar-refractivity contribution is 0.102. The van der Waals surface area contributed by atoms with Crippen molar-refractivity contribution in [2.24, 2.45) is 0 Å². The molecule has 39 heavy (non-hydrogen) atoms. The number of anilines is 1. The molecule has 5 aromatic rings. The van der Waals surface area contributed by atoms with E-state index in [2.05, 4.69) is 10.3 Å². The lowest BCUT2D eigenvalue weighted by Gasteiger charge is -2.14. The number of carbonyl (C=O) groups is 1. The van der Waals surface area contributed by atoms with E-state index in [1.807, 2.05) is 44.2 Å².